The van der Waals surface area contributed by atoms with Gasteiger partial charge in [-0.2, -0.15) is 0 Å². The Bertz CT molecular complexity index is 1900. The second kappa shape index (κ2) is 14.9. The first-order chi connectivity index (χ1) is 24.7. The topological polar surface area (TPSA) is 192 Å². The molecule has 2 aromatic rings. The van der Waals surface area contributed by atoms with E-state index in [0.29, 0.717) is 35.1 Å². The highest BCUT2D eigenvalue weighted by Crippen LogP contribution is 2.47. The third-order valence-electron chi connectivity index (χ3n) is 9.08. The average Bonchev–Trinajstić information content (AvgIpc) is 3.66. The number of carbonyl (C=O) groups is 4. The lowest BCUT2D eigenvalue weighted by molar-refractivity contribution is -0.143. The van der Waals surface area contributed by atoms with Crippen LogP contribution in [0.4, 0.5) is 4.79 Å². The number of ether oxygens (including phenoxy) is 4. The molecule has 3 aliphatic rings. The van der Waals surface area contributed by atoms with E-state index < -0.39 is 73.8 Å². The zero-order chi connectivity index (χ0) is 39.1. The SMILES string of the molecule is C=CC[C@@](C)(NC(=O)[C@@H]1C[C@@H](Oc2nccc3c4c(c(SC)cc23)OCO4)CN1C(=O)[C@@H](NC(=O)OC(C)(C)C)C(C)(C)C)C(=O)NS(=O)(=O)C1CC1. The van der Waals surface area contributed by atoms with Gasteiger partial charge in [-0.1, -0.05) is 26.8 Å². The van der Waals surface area contributed by atoms with E-state index in [2.05, 4.69) is 26.9 Å². The van der Waals surface area contributed by atoms with Gasteiger partial charge in [-0.05, 0) is 70.8 Å². The van der Waals surface area contributed by atoms with Crippen molar-refractivity contribution in [1.82, 2.24) is 25.2 Å². The van der Waals surface area contributed by atoms with Crippen LogP contribution in [0.5, 0.6) is 17.4 Å². The Morgan fingerprint density at radius 3 is 2.38 bits per heavy atom. The molecule has 2 aliphatic heterocycles. The first kappa shape index (κ1) is 39.9. The van der Waals surface area contributed by atoms with Gasteiger partial charge in [0.25, 0.3) is 5.91 Å². The van der Waals surface area contributed by atoms with Gasteiger partial charge in [-0.3, -0.25) is 19.1 Å². The van der Waals surface area contributed by atoms with Crippen LogP contribution in [-0.2, 0) is 29.1 Å². The number of alkyl carbamates (subject to hydrolysis) is 1. The molecule has 2 fully saturated rings. The number of thioether (sulfide) groups is 1. The number of hydrogen-bond donors (Lipinski definition) is 3. The third-order valence-corrected chi connectivity index (χ3v) is 11.6. The highest BCUT2D eigenvalue weighted by Gasteiger charge is 2.49. The largest absolute Gasteiger partial charge is 0.472 e. The molecule has 4 amide bonds. The van der Waals surface area contributed by atoms with E-state index in [9.17, 15) is 27.6 Å². The summed E-state index contributed by atoms with van der Waals surface area (Å²) in [5.74, 6) is -0.807. The molecule has 290 valence electrons. The number of likely N-dealkylation sites (tertiary alicyclic amines) is 1. The Hall–Kier alpha value is -4.25. The molecule has 0 radical (unpaired) electrons. The van der Waals surface area contributed by atoms with Crippen LogP contribution in [-0.4, -0.2) is 96.3 Å². The van der Waals surface area contributed by atoms with Crippen LogP contribution in [0.1, 0.15) is 74.1 Å². The number of benzene rings is 1. The quantitative estimate of drug-likeness (QED) is 0.208. The second-order valence-corrected chi connectivity index (χ2v) is 18.6. The van der Waals surface area contributed by atoms with Crippen molar-refractivity contribution in [3.8, 4) is 17.4 Å². The molecule has 3 heterocycles. The monoisotopic (exact) mass is 775 g/mol. The molecule has 1 aliphatic carbocycles. The molecule has 17 heteroatoms. The maximum atomic E-state index is 14.5. The molecule has 0 bridgehead atoms. The number of rotatable bonds is 12. The minimum absolute atomic E-state index is 0.0228. The maximum Gasteiger partial charge on any atom is 0.408 e. The number of amides is 4. The van der Waals surface area contributed by atoms with E-state index in [0.717, 1.165) is 4.90 Å². The van der Waals surface area contributed by atoms with Crippen molar-refractivity contribution >= 4 is 56.4 Å². The predicted molar refractivity (Wildman–Crippen MR) is 198 cm³/mol. The molecule has 1 aromatic carbocycles. The van der Waals surface area contributed by atoms with E-state index in [4.69, 9.17) is 18.9 Å². The molecule has 1 aromatic heterocycles. The first-order valence-corrected chi connectivity index (χ1v) is 20.2. The van der Waals surface area contributed by atoms with Crippen molar-refractivity contribution in [3.05, 3.63) is 31.0 Å². The van der Waals surface area contributed by atoms with Gasteiger partial charge in [0.05, 0.1) is 16.7 Å². The van der Waals surface area contributed by atoms with Gasteiger partial charge in [-0.15, -0.1) is 18.3 Å². The van der Waals surface area contributed by atoms with E-state index >= 15 is 0 Å². The van der Waals surface area contributed by atoms with Crippen molar-refractivity contribution in [1.29, 1.82) is 0 Å². The van der Waals surface area contributed by atoms with Crippen LogP contribution in [0.25, 0.3) is 10.8 Å². The normalized spacial score (nSPS) is 20.3. The summed E-state index contributed by atoms with van der Waals surface area (Å²) >= 11 is 1.47. The third kappa shape index (κ3) is 8.94. The molecular weight excluding hydrogens is 727 g/mol. The summed E-state index contributed by atoms with van der Waals surface area (Å²) in [6.07, 6.45) is 4.03. The highest BCUT2D eigenvalue weighted by molar-refractivity contribution is 7.98. The van der Waals surface area contributed by atoms with Crippen LogP contribution in [0.3, 0.4) is 0 Å². The fourth-order valence-electron chi connectivity index (χ4n) is 6.22. The standard InChI is InChI=1S/C36H49N5O10S2/c1-10-14-36(8,32(44)40-53(46,47)21-11-12-21)39-29(42)24-16-20(18-41(24)31(43)28(34(2,3)4)38-33(45)51-35(5,6)7)50-30-23-17-25(52-9)27-26(48-19-49-27)22(23)13-15-37-30/h10,13,15,17,20-21,24,28H,1,11-12,14,16,18-19H2,2-9H3,(H,38,45)(H,39,42)(H,40,44)/t20-,24+,28-,36-/m1/s1. The van der Waals surface area contributed by atoms with Gasteiger partial charge >= 0.3 is 6.09 Å². The molecule has 53 heavy (non-hydrogen) atoms. The van der Waals surface area contributed by atoms with Gasteiger partial charge in [-0.25, -0.2) is 18.2 Å². The fraction of sp³-hybridized carbons (Fsp3) is 0.583. The van der Waals surface area contributed by atoms with Crippen molar-refractivity contribution in [2.24, 2.45) is 5.41 Å². The van der Waals surface area contributed by atoms with Crippen LogP contribution >= 0.6 is 11.8 Å². The van der Waals surface area contributed by atoms with Gasteiger partial charge < -0.3 is 34.5 Å². The maximum absolute atomic E-state index is 14.5. The highest BCUT2D eigenvalue weighted by atomic mass is 32.2. The second-order valence-electron chi connectivity index (χ2n) is 15.8. The number of hydrogen-bond acceptors (Lipinski definition) is 12. The number of aromatic nitrogens is 1. The Labute approximate surface area is 314 Å². The van der Waals surface area contributed by atoms with Crippen molar-refractivity contribution in [2.45, 2.75) is 114 Å². The van der Waals surface area contributed by atoms with Crippen LogP contribution < -0.4 is 29.6 Å². The lowest BCUT2D eigenvalue weighted by Gasteiger charge is -2.36. The molecule has 1 saturated heterocycles. The summed E-state index contributed by atoms with van der Waals surface area (Å²) in [7, 11) is -3.94. The number of nitrogens with one attached hydrogen (secondary N) is 3. The smallest absolute Gasteiger partial charge is 0.408 e. The zero-order valence-corrected chi connectivity index (χ0v) is 33.0. The zero-order valence-electron chi connectivity index (χ0n) is 31.4. The number of nitrogens with zero attached hydrogens (tertiary/aromatic N) is 2. The van der Waals surface area contributed by atoms with Crippen molar-refractivity contribution in [3.63, 3.8) is 0 Å². The Balaban J connectivity index is 1.48. The minimum atomic E-state index is -3.94. The van der Waals surface area contributed by atoms with Gasteiger partial charge in [0, 0.05) is 23.4 Å². The Morgan fingerprint density at radius 1 is 1.09 bits per heavy atom. The summed E-state index contributed by atoms with van der Waals surface area (Å²) in [5.41, 5.74) is -3.41. The van der Waals surface area contributed by atoms with E-state index in [1.165, 1.54) is 29.7 Å². The fourth-order valence-corrected chi connectivity index (χ4v) is 8.20. The van der Waals surface area contributed by atoms with Crippen molar-refractivity contribution in [2.75, 3.05) is 19.6 Å². The summed E-state index contributed by atoms with van der Waals surface area (Å²) < 4.78 is 50.9. The molecular formula is C36H49N5O10S2. The molecule has 4 atom stereocenters. The predicted octanol–water partition coefficient (Wildman–Crippen LogP) is 4.03. The van der Waals surface area contributed by atoms with Crippen LogP contribution in [0.15, 0.2) is 35.9 Å². The van der Waals surface area contributed by atoms with E-state index in [1.54, 1.807) is 53.8 Å². The summed E-state index contributed by atoms with van der Waals surface area (Å²) in [4.78, 5) is 61.9. The number of sulfonamides is 1. The van der Waals surface area contributed by atoms with Crippen LogP contribution in [0.2, 0.25) is 0 Å². The van der Waals surface area contributed by atoms with E-state index in [1.807, 2.05) is 12.3 Å². The number of carbonyl (C=O) groups excluding carboxylic acids is 4. The summed E-state index contributed by atoms with van der Waals surface area (Å²) in [5, 5.41) is 6.09. The molecule has 15 nitrogen and oxygen atoms in total. The van der Waals surface area contributed by atoms with Gasteiger partial charge in [0.2, 0.25) is 34.5 Å². The lowest BCUT2D eigenvalue weighted by atomic mass is 9.85. The molecule has 0 unspecified atom stereocenters. The number of fused-ring (bicyclic) bond motifs is 3. The Kier molecular flexibility index (Phi) is 11.2. The number of pyridine rings is 1. The van der Waals surface area contributed by atoms with Gasteiger partial charge in [0.15, 0.2) is 11.5 Å². The Morgan fingerprint density at radius 2 is 1.77 bits per heavy atom. The van der Waals surface area contributed by atoms with Crippen molar-refractivity contribution < 1.29 is 46.5 Å². The molecule has 1 saturated carbocycles. The molecule has 3 N–H and O–H groups in total. The van der Waals surface area contributed by atoms with E-state index in [-0.39, 0.29) is 32.1 Å². The summed E-state index contributed by atoms with van der Waals surface area (Å²) in [6, 6.07) is 1.32. The first-order valence-electron chi connectivity index (χ1n) is 17.4. The molecule has 5 rings (SSSR count). The lowest BCUT2D eigenvalue weighted by Crippen LogP contribution is -2.62. The average molecular weight is 776 g/mol. The molecule has 0 spiro atoms. The summed E-state index contributed by atoms with van der Waals surface area (Å²) in [6.45, 7) is 15.5. The van der Waals surface area contributed by atoms with Gasteiger partial charge in [0.1, 0.15) is 29.3 Å². The minimum Gasteiger partial charge on any atom is -0.472 e. The van der Waals surface area contributed by atoms with Crippen LogP contribution in [0, 0.1) is 5.41 Å².